The number of methoxy groups -OCH3 is 1. The Bertz CT molecular complexity index is 1840. The molecule has 0 unspecified atom stereocenters. The second kappa shape index (κ2) is 16.1. The number of carbonyl (C=O) groups is 2. The van der Waals surface area contributed by atoms with Gasteiger partial charge in [-0.05, 0) is 68.1 Å². The van der Waals surface area contributed by atoms with Gasteiger partial charge in [0.05, 0.1) is 17.7 Å². The van der Waals surface area contributed by atoms with Gasteiger partial charge in [-0.2, -0.15) is 0 Å². The van der Waals surface area contributed by atoms with Crippen LogP contribution in [0.25, 0.3) is 0 Å². The molecule has 1 fully saturated rings. The summed E-state index contributed by atoms with van der Waals surface area (Å²) in [5, 5.41) is 3.17. The predicted molar refractivity (Wildman–Crippen MR) is 189 cm³/mol. The number of halogens is 1. The molecule has 2 amide bonds. The van der Waals surface area contributed by atoms with Crippen molar-refractivity contribution >= 4 is 27.5 Å². The average Bonchev–Trinajstić information content (AvgIpc) is 3.10. The highest BCUT2D eigenvalue weighted by Gasteiger charge is 2.36. The number of rotatable bonds is 13. The molecule has 1 aliphatic rings. The van der Waals surface area contributed by atoms with Gasteiger partial charge in [-0.1, -0.05) is 91.6 Å². The zero-order valence-electron chi connectivity index (χ0n) is 28.3. The standard InChI is InChI=1S/C39H44FN3O5S/c1-28-18-21-33(22-19-28)49(46,47)43(35-24-29(2)20-23-37(35)48-3)27-38(44)42(26-31-14-10-11-17-34(31)40)36(25-30-12-6-4-7-13-30)39(45)41-32-15-8-5-9-16-32/h4,6-7,10-14,17-24,32,36H,5,8-9,15-16,25-27H2,1-3H3,(H,41,45)/t36-/m1/s1. The second-order valence-electron chi connectivity index (χ2n) is 12.7. The monoisotopic (exact) mass is 685 g/mol. The van der Waals surface area contributed by atoms with E-state index in [9.17, 15) is 18.0 Å². The van der Waals surface area contributed by atoms with Crippen LogP contribution >= 0.6 is 0 Å². The Morgan fingerprint density at radius 3 is 2.20 bits per heavy atom. The molecule has 0 heterocycles. The lowest BCUT2D eigenvalue weighted by Crippen LogP contribution is -2.55. The minimum atomic E-state index is -4.33. The molecular formula is C39H44FN3O5S. The second-order valence-corrected chi connectivity index (χ2v) is 14.5. The summed E-state index contributed by atoms with van der Waals surface area (Å²) in [6.45, 7) is 2.77. The van der Waals surface area contributed by atoms with Crippen molar-refractivity contribution in [2.45, 2.75) is 75.9 Å². The highest BCUT2D eigenvalue weighted by molar-refractivity contribution is 7.92. The first-order valence-corrected chi connectivity index (χ1v) is 18.1. The van der Waals surface area contributed by atoms with Crippen molar-refractivity contribution in [3.05, 3.63) is 125 Å². The summed E-state index contributed by atoms with van der Waals surface area (Å²) in [4.78, 5) is 30.3. The fourth-order valence-electron chi connectivity index (χ4n) is 6.25. The van der Waals surface area contributed by atoms with Crippen molar-refractivity contribution in [1.82, 2.24) is 10.2 Å². The molecule has 10 heteroatoms. The van der Waals surface area contributed by atoms with Gasteiger partial charge in [0, 0.05) is 24.6 Å². The van der Waals surface area contributed by atoms with E-state index in [0.717, 1.165) is 53.1 Å². The Balaban J connectivity index is 1.61. The zero-order valence-corrected chi connectivity index (χ0v) is 29.1. The number of ether oxygens (including phenoxy) is 1. The van der Waals surface area contributed by atoms with Crippen LogP contribution in [0.2, 0.25) is 0 Å². The van der Waals surface area contributed by atoms with E-state index < -0.39 is 34.3 Å². The van der Waals surface area contributed by atoms with Crippen LogP contribution in [0.4, 0.5) is 10.1 Å². The first-order valence-electron chi connectivity index (χ1n) is 16.7. The van der Waals surface area contributed by atoms with Gasteiger partial charge in [0.25, 0.3) is 10.0 Å². The summed E-state index contributed by atoms with van der Waals surface area (Å²) in [6, 6.07) is 25.8. The maximum atomic E-state index is 15.2. The van der Waals surface area contributed by atoms with Crippen LogP contribution in [-0.4, -0.2) is 50.9 Å². The molecule has 1 aliphatic carbocycles. The zero-order chi connectivity index (χ0) is 35.0. The number of anilines is 1. The normalized spacial score (nSPS) is 14.1. The topological polar surface area (TPSA) is 96.0 Å². The number of nitrogens with zero attached hydrogens (tertiary/aromatic N) is 2. The summed E-state index contributed by atoms with van der Waals surface area (Å²) in [5.74, 6) is -1.30. The molecule has 5 rings (SSSR count). The third-order valence-electron chi connectivity index (χ3n) is 9.01. The van der Waals surface area contributed by atoms with Crippen LogP contribution in [-0.2, 0) is 32.6 Å². The van der Waals surface area contributed by atoms with Crippen molar-refractivity contribution in [2.24, 2.45) is 0 Å². The Morgan fingerprint density at radius 1 is 0.878 bits per heavy atom. The first-order chi connectivity index (χ1) is 23.6. The minimum absolute atomic E-state index is 0.00834. The van der Waals surface area contributed by atoms with E-state index in [4.69, 9.17) is 4.74 Å². The third kappa shape index (κ3) is 8.86. The molecule has 4 aromatic carbocycles. The highest BCUT2D eigenvalue weighted by atomic mass is 32.2. The van der Waals surface area contributed by atoms with Crippen molar-refractivity contribution < 1.29 is 27.1 Å². The van der Waals surface area contributed by atoms with Gasteiger partial charge in [-0.25, -0.2) is 12.8 Å². The van der Waals surface area contributed by atoms with Crippen molar-refractivity contribution in [2.75, 3.05) is 18.0 Å². The molecule has 49 heavy (non-hydrogen) atoms. The summed E-state index contributed by atoms with van der Waals surface area (Å²) < 4.78 is 50.7. The predicted octanol–water partition coefficient (Wildman–Crippen LogP) is 6.74. The van der Waals surface area contributed by atoms with Crippen molar-refractivity contribution in [1.29, 1.82) is 0 Å². The maximum Gasteiger partial charge on any atom is 0.264 e. The van der Waals surface area contributed by atoms with E-state index in [1.165, 1.54) is 30.2 Å². The smallest absolute Gasteiger partial charge is 0.264 e. The number of benzene rings is 4. The molecule has 1 saturated carbocycles. The lowest BCUT2D eigenvalue weighted by atomic mass is 9.94. The maximum absolute atomic E-state index is 15.2. The SMILES string of the molecule is COc1ccc(C)cc1N(CC(=O)N(Cc1ccccc1F)[C@H](Cc1ccccc1)C(=O)NC1CCCCC1)S(=O)(=O)c1ccc(C)cc1. The molecule has 1 atom stereocenters. The van der Waals surface area contributed by atoms with Crippen LogP contribution in [0.3, 0.4) is 0 Å². The number of carbonyl (C=O) groups excluding carboxylic acids is 2. The summed E-state index contributed by atoms with van der Waals surface area (Å²) >= 11 is 0. The lowest BCUT2D eigenvalue weighted by molar-refractivity contribution is -0.140. The van der Waals surface area contributed by atoms with Gasteiger partial charge in [0.2, 0.25) is 11.8 Å². The number of hydrogen-bond acceptors (Lipinski definition) is 5. The Kier molecular flexibility index (Phi) is 11.7. The average molecular weight is 686 g/mol. The number of nitrogens with one attached hydrogen (secondary N) is 1. The molecule has 258 valence electrons. The highest BCUT2D eigenvalue weighted by Crippen LogP contribution is 2.34. The van der Waals surface area contributed by atoms with E-state index in [1.807, 2.05) is 44.2 Å². The molecule has 0 saturated heterocycles. The molecule has 0 aliphatic heterocycles. The van der Waals surface area contributed by atoms with Gasteiger partial charge in [0.1, 0.15) is 24.2 Å². The quantitative estimate of drug-likeness (QED) is 0.168. The van der Waals surface area contributed by atoms with Gasteiger partial charge < -0.3 is 15.0 Å². The van der Waals surface area contributed by atoms with Crippen molar-refractivity contribution in [3.8, 4) is 5.75 Å². The number of sulfonamides is 1. The molecule has 0 spiro atoms. The van der Waals surface area contributed by atoms with Gasteiger partial charge in [-0.15, -0.1) is 0 Å². The third-order valence-corrected chi connectivity index (χ3v) is 10.8. The van der Waals surface area contributed by atoms with Gasteiger partial charge >= 0.3 is 0 Å². The van der Waals surface area contributed by atoms with Crippen LogP contribution in [0.1, 0.15) is 54.4 Å². The number of hydrogen-bond donors (Lipinski definition) is 1. The Morgan fingerprint density at radius 2 is 1.53 bits per heavy atom. The van der Waals surface area contributed by atoms with E-state index in [-0.39, 0.29) is 46.8 Å². The van der Waals surface area contributed by atoms with E-state index in [1.54, 1.807) is 48.5 Å². The Hall–Kier alpha value is -4.70. The van der Waals surface area contributed by atoms with Crippen LogP contribution in [0, 0.1) is 19.7 Å². The van der Waals surface area contributed by atoms with Crippen LogP contribution in [0.5, 0.6) is 5.75 Å². The minimum Gasteiger partial charge on any atom is -0.495 e. The molecule has 0 radical (unpaired) electrons. The first kappa shape index (κ1) is 35.6. The lowest BCUT2D eigenvalue weighted by Gasteiger charge is -2.35. The fourth-order valence-corrected chi connectivity index (χ4v) is 7.67. The number of aryl methyl sites for hydroxylation is 2. The van der Waals surface area contributed by atoms with E-state index >= 15 is 4.39 Å². The molecule has 0 aromatic heterocycles. The molecule has 0 bridgehead atoms. The van der Waals surface area contributed by atoms with E-state index in [0.29, 0.717) is 0 Å². The summed E-state index contributed by atoms with van der Waals surface area (Å²) in [5.41, 5.74) is 2.82. The summed E-state index contributed by atoms with van der Waals surface area (Å²) in [6.07, 6.45) is 4.91. The van der Waals surface area contributed by atoms with E-state index in [2.05, 4.69) is 5.32 Å². The largest absolute Gasteiger partial charge is 0.495 e. The fraction of sp³-hybridized carbons (Fsp3) is 0.333. The Labute approximate surface area is 289 Å². The van der Waals surface area contributed by atoms with Gasteiger partial charge in [0.15, 0.2) is 0 Å². The number of amides is 2. The molecule has 8 nitrogen and oxygen atoms in total. The summed E-state index contributed by atoms with van der Waals surface area (Å²) in [7, 11) is -2.89. The van der Waals surface area contributed by atoms with Gasteiger partial charge in [-0.3, -0.25) is 13.9 Å². The molecular weight excluding hydrogens is 642 g/mol. The van der Waals surface area contributed by atoms with Crippen molar-refractivity contribution in [3.63, 3.8) is 0 Å². The molecule has 4 aromatic rings. The van der Waals surface area contributed by atoms with Crippen LogP contribution in [0.15, 0.2) is 102 Å². The molecule has 1 N–H and O–H groups in total. The van der Waals surface area contributed by atoms with Crippen LogP contribution < -0.4 is 14.4 Å².